The molecule has 0 saturated carbocycles. The van der Waals surface area contributed by atoms with Crippen LogP contribution in [-0.4, -0.2) is 21.1 Å². The highest BCUT2D eigenvalue weighted by molar-refractivity contribution is 9.10. The van der Waals surface area contributed by atoms with Gasteiger partial charge in [-0.2, -0.15) is 0 Å². The molecule has 0 heterocycles. The molecule has 0 amide bonds. The molecule has 1 aromatic rings. The lowest BCUT2D eigenvalue weighted by Gasteiger charge is -2.10. The number of hydrogen-bond acceptors (Lipinski definition) is 4. The molecule has 7 heteroatoms. The van der Waals surface area contributed by atoms with Crippen LogP contribution in [0.1, 0.15) is 24.5 Å². The third-order valence-corrected chi connectivity index (χ3v) is 2.67. The Labute approximate surface area is 105 Å². The number of nitrogens with zero attached hydrogens (tertiary/aromatic N) is 1. The number of rotatable bonds is 5. The minimum atomic E-state index is -1.15. The van der Waals surface area contributed by atoms with Crippen LogP contribution in [-0.2, 0) is 4.79 Å². The predicted molar refractivity (Wildman–Crippen MR) is 62.6 cm³/mol. The van der Waals surface area contributed by atoms with E-state index in [9.17, 15) is 20.0 Å². The van der Waals surface area contributed by atoms with Crippen molar-refractivity contribution in [2.24, 2.45) is 0 Å². The fraction of sp³-hybridized carbons (Fsp3) is 0.300. The lowest BCUT2D eigenvalue weighted by Crippen LogP contribution is -2.05. The number of aliphatic carboxylic acids is 1. The summed E-state index contributed by atoms with van der Waals surface area (Å²) in [5.41, 5.74) is -0.100. The maximum Gasteiger partial charge on any atom is 0.303 e. The summed E-state index contributed by atoms with van der Waals surface area (Å²) in [6.45, 7) is 0. The normalized spacial score (nSPS) is 12.1. The molecule has 1 aromatic carbocycles. The van der Waals surface area contributed by atoms with Crippen molar-refractivity contribution in [3.63, 3.8) is 0 Å². The molecule has 0 aliphatic heterocycles. The van der Waals surface area contributed by atoms with E-state index in [1.165, 1.54) is 12.1 Å². The summed E-state index contributed by atoms with van der Waals surface area (Å²) in [6.07, 6.45) is -1.45. The van der Waals surface area contributed by atoms with Crippen molar-refractivity contribution in [2.45, 2.75) is 18.9 Å². The summed E-state index contributed by atoms with van der Waals surface area (Å²) in [5, 5.41) is 29.0. The van der Waals surface area contributed by atoms with Gasteiger partial charge in [0.1, 0.15) is 0 Å². The highest BCUT2D eigenvalue weighted by atomic mass is 79.9. The molecule has 0 fully saturated rings. The van der Waals surface area contributed by atoms with Crippen molar-refractivity contribution in [1.29, 1.82) is 0 Å². The summed E-state index contributed by atoms with van der Waals surface area (Å²) in [5.74, 6) is -1.05. The molecule has 0 aromatic heterocycles. The maximum atomic E-state index is 10.8. The fourth-order valence-corrected chi connectivity index (χ4v) is 1.72. The summed E-state index contributed by atoms with van der Waals surface area (Å²) >= 11 is 3.10. The number of carboxylic acid groups (broad SMARTS) is 1. The third kappa shape index (κ3) is 3.79. The van der Waals surface area contributed by atoms with E-state index in [0.29, 0.717) is 4.47 Å². The Morgan fingerprint density at radius 1 is 1.53 bits per heavy atom. The largest absolute Gasteiger partial charge is 0.481 e. The number of nitro groups is 1. The Kier molecular flexibility index (Phi) is 4.59. The highest BCUT2D eigenvalue weighted by Gasteiger charge is 2.21. The Morgan fingerprint density at radius 2 is 2.18 bits per heavy atom. The topological polar surface area (TPSA) is 101 Å². The second kappa shape index (κ2) is 5.74. The summed E-state index contributed by atoms with van der Waals surface area (Å²) in [4.78, 5) is 20.5. The first-order valence-corrected chi connectivity index (χ1v) is 5.55. The van der Waals surface area contributed by atoms with Crippen molar-refractivity contribution in [3.05, 3.63) is 38.3 Å². The first-order valence-electron chi connectivity index (χ1n) is 4.75. The van der Waals surface area contributed by atoms with E-state index in [0.717, 1.165) is 0 Å². The molecular formula is C10H10BrNO5. The average Bonchev–Trinajstić information content (AvgIpc) is 2.25. The minimum Gasteiger partial charge on any atom is -0.481 e. The quantitative estimate of drug-likeness (QED) is 0.642. The molecule has 2 N–H and O–H groups in total. The van der Waals surface area contributed by atoms with Crippen molar-refractivity contribution < 1.29 is 19.9 Å². The van der Waals surface area contributed by atoms with E-state index in [1.807, 2.05) is 0 Å². The second-order valence-corrected chi connectivity index (χ2v) is 4.32. The molecule has 6 nitrogen and oxygen atoms in total. The van der Waals surface area contributed by atoms with Gasteiger partial charge in [-0.1, -0.05) is 15.9 Å². The number of nitro benzene ring substituents is 1. The molecule has 1 rings (SSSR count). The van der Waals surface area contributed by atoms with Crippen molar-refractivity contribution >= 4 is 27.6 Å². The van der Waals surface area contributed by atoms with Crippen LogP contribution in [0.15, 0.2) is 22.7 Å². The van der Waals surface area contributed by atoms with Crippen LogP contribution < -0.4 is 0 Å². The number of carboxylic acids is 1. The molecular weight excluding hydrogens is 294 g/mol. The SMILES string of the molecule is O=C(O)CCC(O)c1ccc(Br)cc1[N+](=O)[O-]. The van der Waals surface area contributed by atoms with Crippen molar-refractivity contribution in [1.82, 2.24) is 0 Å². The van der Waals surface area contributed by atoms with E-state index in [-0.39, 0.29) is 24.1 Å². The summed E-state index contributed by atoms with van der Waals surface area (Å²) in [6, 6.07) is 4.25. The zero-order valence-electron chi connectivity index (χ0n) is 8.67. The lowest BCUT2D eigenvalue weighted by molar-refractivity contribution is -0.386. The van der Waals surface area contributed by atoms with E-state index in [4.69, 9.17) is 5.11 Å². The van der Waals surface area contributed by atoms with E-state index in [1.54, 1.807) is 6.07 Å². The minimum absolute atomic E-state index is 0.0577. The molecule has 1 atom stereocenters. The van der Waals surface area contributed by atoms with Crippen LogP contribution in [0.3, 0.4) is 0 Å². The van der Waals surface area contributed by atoms with Crippen LogP contribution in [0.25, 0.3) is 0 Å². The highest BCUT2D eigenvalue weighted by Crippen LogP contribution is 2.30. The van der Waals surface area contributed by atoms with Gasteiger partial charge in [-0.3, -0.25) is 14.9 Å². The van der Waals surface area contributed by atoms with Gasteiger partial charge in [0.15, 0.2) is 0 Å². The van der Waals surface area contributed by atoms with E-state index >= 15 is 0 Å². The molecule has 92 valence electrons. The van der Waals surface area contributed by atoms with Gasteiger partial charge in [-0.15, -0.1) is 0 Å². The Balaban J connectivity index is 2.96. The van der Waals surface area contributed by atoms with Gasteiger partial charge < -0.3 is 10.2 Å². The maximum absolute atomic E-state index is 10.8. The third-order valence-electron chi connectivity index (χ3n) is 2.18. The average molecular weight is 304 g/mol. The van der Waals surface area contributed by atoms with Gasteiger partial charge in [0.2, 0.25) is 0 Å². The van der Waals surface area contributed by atoms with Gasteiger partial charge >= 0.3 is 5.97 Å². The Bertz CT molecular complexity index is 448. The number of hydrogen-bond donors (Lipinski definition) is 2. The van der Waals surface area contributed by atoms with Gasteiger partial charge in [-0.25, -0.2) is 0 Å². The molecule has 1 unspecified atom stereocenters. The number of carbonyl (C=O) groups is 1. The van der Waals surface area contributed by atoms with Gasteiger partial charge in [0.25, 0.3) is 5.69 Å². The Hall–Kier alpha value is -1.47. The van der Waals surface area contributed by atoms with Crippen LogP contribution in [0, 0.1) is 10.1 Å². The lowest BCUT2D eigenvalue weighted by atomic mass is 10.0. The molecule has 0 aliphatic carbocycles. The van der Waals surface area contributed by atoms with Crippen LogP contribution >= 0.6 is 15.9 Å². The van der Waals surface area contributed by atoms with E-state index in [2.05, 4.69) is 15.9 Å². The number of benzene rings is 1. The molecule has 0 bridgehead atoms. The second-order valence-electron chi connectivity index (χ2n) is 3.41. The van der Waals surface area contributed by atoms with Gasteiger partial charge in [0, 0.05) is 17.0 Å². The molecule has 0 radical (unpaired) electrons. The summed E-state index contributed by atoms with van der Waals surface area (Å²) < 4.78 is 0.526. The van der Waals surface area contributed by atoms with Crippen LogP contribution in [0.2, 0.25) is 0 Å². The smallest absolute Gasteiger partial charge is 0.303 e. The van der Waals surface area contributed by atoms with Crippen LogP contribution in [0.4, 0.5) is 5.69 Å². The van der Waals surface area contributed by atoms with Gasteiger partial charge in [-0.05, 0) is 18.6 Å². The van der Waals surface area contributed by atoms with E-state index < -0.39 is 17.0 Å². The molecule has 17 heavy (non-hydrogen) atoms. The standard InChI is InChI=1S/C10H10BrNO5/c11-6-1-2-7(8(5-6)12(16)17)9(13)3-4-10(14)15/h1-2,5,9,13H,3-4H2,(H,14,15). The van der Waals surface area contributed by atoms with Crippen molar-refractivity contribution in [2.75, 3.05) is 0 Å². The number of halogens is 1. The number of aliphatic hydroxyl groups excluding tert-OH is 1. The van der Waals surface area contributed by atoms with Crippen LogP contribution in [0.5, 0.6) is 0 Å². The first kappa shape index (κ1) is 13.6. The Morgan fingerprint density at radius 3 is 2.71 bits per heavy atom. The zero-order chi connectivity index (χ0) is 13.0. The number of aliphatic hydroxyl groups is 1. The molecule has 0 aliphatic rings. The molecule has 0 spiro atoms. The monoisotopic (exact) mass is 303 g/mol. The van der Waals surface area contributed by atoms with Crippen molar-refractivity contribution in [3.8, 4) is 0 Å². The first-order chi connectivity index (χ1) is 7.91. The molecule has 0 saturated heterocycles. The fourth-order valence-electron chi connectivity index (χ4n) is 1.37. The predicted octanol–water partition coefficient (Wildman–Crippen LogP) is 2.26. The summed E-state index contributed by atoms with van der Waals surface area (Å²) in [7, 11) is 0. The van der Waals surface area contributed by atoms with Gasteiger partial charge in [0.05, 0.1) is 16.6 Å². The zero-order valence-corrected chi connectivity index (χ0v) is 10.3.